The molecule has 0 unspecified atom stereocenters. The van der Waals surface area contributed by atoms with Crippen LogP contribution in [0.5, 0.6) is 0 Å². The van der Waals surface area contributed by atoms with Gasteiger partial charge in [0, 0.05) is 37.6 Å². The van der Waals surface area contributed by atoms with Crippen molar-refractivity contribution in [2.45, 2.75) is 25.4 Å². The Kier molecular flexibility index (Phi) is 4.54. The fourth-order valence-corrected chi connectivity index (χ4v) is 3.65. The zero-order chi connectivity index (χ0) is 17.2. The molecule has 1 aliphatic carbocycles. The van der Waals surface area contributed by atoms with Crippen LogP contribution in [0.2, 0.25) is 0 Å². The van der Waals surface area contributed by atoms with Gasteiger partial charge in [0.25, 0.3) is 11.8 Å². The highest BCUT2D eigenvalue weighted by molar-refractivity contribution is 7.09. The summed E-state index contributed by atoms with van der Waals surface area (Å²) in [6.07, 6.45) is 3.66. The molecule has 4 rings (SSSR count). The van der Waals surface area contributed by atoms with Crippen LogP contribution in [0.1, 0.15) is 38.9 Å². The van der Waals surface area contributed by atoms with Crippen LogP contribution in [-0.4, -0.2) is 58.8 Å². The summed E-state index contributed by atoms with van der Waals surface area (Å²) >= 11 is 1.51. The van der Waals surface area contributed by atoms with E-state index >= 15 is 0 Å². The smallest absolute Gasteiger partial charge is 0.289 e. The number of hydrogen-bond donors (Lipinski definition) is 1. The van der Waals surface area contributed by atoms with E-state index in [0.29, 0.717) is 37.1 Å². The van der Waals surface area contributed by atoms with Crippen molar-refractivity contribution in [3.8, 4) is 0 Å². The lowest BCUT2D eigenvalue weighted by molar-refractivity contribution is 0.0597. The number of hydrogen-bond acceptors (Lipinski definition) is 6. The van der Waals surface area contributed by atoms with Gasteiger partial charge in [0.1, 0.15) is 10.7 Å². The number of piperazine rings is 1. The zero-order valence-electron chi connectivity index (χ0n) is 13.8. The molecule has 8 heteroatoms. The van der Waals surface area contributed by atoms with Crippen LogP contribution in [0.15, 0.2) is 28.2 Å². The van der Waals surface area contributed by atoms with Gasteiger partial charge in [-0.1, -0.05) is 0 Å². The highest BCUT2D eigenvalue weighted by atomic mass is 32.1. The number of furan rings is 1. The van der Waals surface area contributed by atoms with Gasteiger partial charge in [-0.05, 0) is 25.0 Å². The standard InChI is InChI=1S/C17H20N4O3S/c22-16(18-12-3-4-12)13-11-25-15(19-13)10-20-5-7-21(8-6-20)17(23)14-2-1-9-24-14/h1-2,9,11-12H,3-8,10H2,(H,18,22). The first kappa shape index (κ1) is 16.3. The molecule has 132 valence electrons. The minimum absolute atomic E-state index is 0.0575. The maximum Gasteiger partial charge on any atom is 0.289 e. The van der Waals surface area contributed by atoms with Crippen LogP contribution in [0.4, 0.5) is 0 Å². The number of carbonyl (C=O) groups excluding carboxylic acids is 2. The first-order chi connectivity index (χ1) is 12.2. The molecule has 25 heavy (non-hydrogen) atoms. The third-order valence-electron chi connectivity index (χ3n) is 4.45. The number of carbonyl (C=O) groups is 2. The van der Waals surface area contributed by atoms with Crippen LogP contribution in [-0.2, 0) is 6.54 Å². The van der Waals surface area contributed by atoms with Gasteiger partial charge in [0.15, 0.2) is 5.76 Å². The van der Waals surface area contributed by atoms with Gasteiger partial charge in [-0.25, -0.2) is 4.98 Å². The Morgan fingerprint density at radius 1 is 1.28 bits per heavy atom. The van der Waals surface area contributed by atoms with Gasteiger partial charge in [0.2, 0.25) is 0 Å². The second-order valence-electron chi connectivity index (χ2n) is 6.42. The Morgan fingerprint density at radius 3 is 2.76 bits per heavy atom. The van der Waals surface area contributed by atoms with Crippen molar-refractivity contribution in [1.82, 2.24) is 20.1 Å². The molecular weight excluding hydrogens is 340 g/mol. The average molecular weight is 360 g/mol. The van der Waals surface area contributed by atoms with E-state index in [1.807, 2.05) is 10.3 Å². The predicted molar refractivity (Wildman–Crippen MR) is 92.5 cm³/mol. The van der Waals surface area contributed by atoms with Crippen molar-refractivity contribution in [2.75, 3.05) is 26.2 Å². The van der Waals surface area contributed by atoms with E-state index in [1.54, 1.807) is 12.1 Å². The van der Waals surface area contributed by atoms with Crippen LogP contribution >= 0.6 is 11.3 Å². The predicted octanol–water partition coefficient (Wildman–Crippen LogP) is 1.59. The molecule has 2 fully saturated rings. The molecule has 2 amide bonds. The van der Waals surface area contributed by atoms with E-state index < -0.39 is 0 Å². The Hall–Kier alpha value is -2.19. The van der Waals surface area contributed by atoms with Crippen molar-refractivity contribution < 1.29 is 14.0 Å². The van der Waals surface area contributed by atoms with Gasteiger partial charge in [-0.3, -0.25) is 14.5 Å². The Bertz CT molecular complexity index is 746. The summed E-state index contributed by atoms with van der Waals surface area (Å²) in [5.41, 5.74) is 0.513. The van der Waals surface area contributed by atoms with E-state index in [0.717, 1.165) is 30.9 Å². The number of nitrogens with one attached hydrogen (secondary N) is 1. The van der Waals surface area contributed by atoms with E-state index in [9.17, 15) is 9.59 Å². The summed E-state index contributed by atoms with van der Waals surface area (Å²) in [5, 5.41) is 5.72. The molecule has 2 aromatic rings. The molecule has 1 aliphatic heterocycles. The lowest BCUT2D eigenvalue weighted by atomic mass is 10.3. The minimum atomic E-state index is -0.0705. The fourth-order valence-electron chi connectivity index (χ4n) is 2.83. The number of aromatic nitrogens is 1. The molecule has 0 atom stereocenters. The van der Waals surface area contributed by atoms with Crippen molar-refractivity contribution in [3.05, 3.63) is 40.2 Å². The molecule has 3 heterocycles. The first-order valence-electron chi connectivity index (χ1n) is 8.49. The average Bonchev–Trinajstić information content (AvgIpc) is 3.11. The normalized spacial score (nSPS) is 18.3. The lowest BCUT2D eigenvalue weighted by Crippen LogP contribution is -2.48. The third-order valence-corrected chi connectivity index (χ3v) is 5.28. The molecule has 0 aromatic carbocycles. The van der Waals surface area contributed by atoms with Crippen molar-refractivity contribution in [2.24, 2.45) is 0 Å². The quantitative estimate of drug-likeness (QED) is 0.876. The highest BCUT2D eigenvalue weighted by Crippen LogP contribution is 2.20. The molecule has 0 radical (unpaired) electrons. The summed E-state index contributed by atoms with van der Waals surface area (Å²) in [6, 6.07) is 3.76. The molecule has 0 spiro atoms. The Balaban J connectivity index is 1.28. The maximum absolute atomic E-state index is 12.3. The van der Waals surface area contributed by atoms with Crippen molar-refractivity contribution in [3.63, 3.8) is 0 Å². The first-order valence-corrected chi connectivity index (χ1v) is 9.37. The van der Waals surface area contributed by atoms with Crippen LogP contribution < -0.4 is 5.32 Å². The molecule has 0 bridgehead atoms. The lowest BCUT2D eigenvalue weighted by Gasteiger charge is -2.33. The summed E-state index contributed by atoms with van der Waals surface area (Å²) < 4.78 is 5.18. The minimum Gasteiger partial charge on any atom is -0.459 e. The van der Waals surface area contributed by atoms with Gasteiger partial charge < -0.3 is 14.6 Å². The second kappa shape index (κ2) is 6.97. The van der Waals surface area contributed by atoms with Crippen molar-refractivity contribution >= 4 is 23.2 Å². The largest absolute Gasteiger partial charge is 0.459 e. The van der Waals surface area contributed by atoms with Gasteiger partial charge in [-0.15, -0.1) is 11.3 Å². The molecule has 2 aliphatic rings. The summed E-state index contributed by atoms with van der Waals surface area (Å²) in [4.78, 5) is 32.8. The summed E-state index contributed by atoms with van der Waals surface area (Å²) in [7, 11) is 0. The molecule has 1 saturated heterocycles. The van der Waals surface area contributed by atoms with Crippen LogP contribution in [0, 0.1) is 0 Å². The highest BCUT2D eigenvalue weighted by Gasteiger charge is 2.26. The van der Waals surface area contributed by atoms with Gasteiger partial charge in [-0.2, -0.15) is 0 Å². The SMILES string of the molecule is O=C(NC1CC1)c1csc(CN2CCN(C(=O)c3ccco3)CC2)n1. The van der Waals surface area contributed by atoms with E-state index in [-0.39, 0.29) is 11.8 Å². The number of nitrogens with zero attached hydrogens (tertiary/aromatic N) is 3. The topological polar surface area (TPSA) is 78.7 Å². The molecule has 7 nitrogen and oxygen atoms in total. The van der Waals surface area contributed by atoms with E-state index in [2.05, 4.69) is 15.2 Å². The third kappa shape index (κ3) is 3.91. The maximum atomic E-state index is 12.3. The van der Waals surface area contributed by atoms with Crippen molar-refractivity contribution in [1.29, 1.82) is 0 Å². The number of thiazole rings is 1. The molecular formula is C17H20N4O3S. The molecule has 1 N–H and O–H groups in total. The van der Waals surface area contributed by atoms with E-state index in [1.165, 1.54) is 17.6 Å². The van der Waals surface area contributed by atoms with Crippen LogP contribution in [0.3, 0.4) is 0 Å². The number of rotatable bonds is 5. The van der Waals surface area contributed by atoms with E-state index in [4.69, 9.17) is 4.42 Å². The van der Waals surface area contributed by atoms with Gasteiger partial charge >= 0.3 is 0 Å². The summed E-state index contributed by atoms with van der Waals surface area (Å²) in [5.74, 6) is 0.261. The van der Waals surface area contributed by atoms with Crippen LogP contribution in [0.25, 0.3) is 0 Å². The second-order valence-corrected chi connectivity index (χ2v) is 7.36. The van der Waals surface area contributed by atoms with Gasteiger partial charge in [0.05, 0.1) is 12.8 Å². The number of amides is 2. The molecule has 1 saturated carbocycles. The zero-order valence-corrected chi connectivity index (χ0v) is 14.6. The molecule has 2 aromatic heterocycles. The monoisotopic (exact) mass is 360 g/mol. The summed E-state index contributed by atoms with van der Waals surface area (Å²) in [6.45, 7) is 3.62. The Labute approximate surface area is 149 Å². The Morgan fingerprint density at radius 2 is 2.08 bits per heavy atom. The fraction of sp³-hybridized carbons (Fsp3) is 0.471.